The van der Waals surface area contributed by atoms with Gasteiger partial charge in [-0.25, -0.2) is 4.79 Å². The van der Waals surface area contributed by atoms with Gasteiger partial charge in [-0.3, -0.25) is 0 Å². The summed E-state index contributed by atoms with van der Waals surface area (Å²) in [6.07, 6.45) is 0. The smallest absolute Gasteiger partial charge is 0.329 e. The number of hydrogen-bond donors (Lipinski definition) is 1. The highest BCUT2D eigenvalue weighted by Crippen LogP contribution is 2.19. The van der Waals surface area contributed by atoms with Crippen LogP contribution in [0.1, 0.15) is 5.76 Å². The van der Waals surface area contributed by atoms with Gasteiger partial charge in [-0.1, -0.05) is 18.2 Å². The van der Waals surface area contributed by atoms with Crippen LogP contribution in [0.5, 0.6) is 0 Å². The molecule has 4 heteroatoms. The number of rotatable bonds is 4. The lowest BCUT2D eigenvalue weighted by Gasteiger charge is -1.96. The van der Waals surface area contributed by atoms with Crippen LogP contribution in [0.15, 0.2) is 34.7 Å². The maximum atomic E-state index is 10.2. The number of benzene rings is 1. The Bertz CT molecular complexity index is 439. The summed E-state index contributed by atoms with van der Waals surface area (Å²) < 4.78 is 10.3. The van der Waals surface area contributed by atoms with E-state index in [1.807, 2.05) is 30.3 Å². The van der Waals surface area contributed by atoms with Gasteiger partial charge in [-0.15, -0.1) is 0 Å². The summed E-state index contributed by atoms with van der Waals surface area (Å²) in [5.41, 5.74) is 0.784. The van der Waals surface area contributed by atoms with Gasteiger partial charge in [0.1, 0.15) is 24.6 Å². The van der Waals surface area contributed by atoms with Crippen LogP contribution in [-0.2, 0) is 16.1 Å². The number of carboxylic acids is 1. The number of hydrogen-bond acceptors (Lipinski definition) is 3. The van der Waals surface area contributed by atoms with Gasteiger partial charge in [-0.2, -0.15) is 0 Å². The predicted octanol–water partition coefficient (Wildman–Crippen LogP) is 2.03. The molecule has 2 rings (SSSR count). The number of aliphatic carboxylic acids is 1. The molecule has 4 nitrogen and oxygen atoms in total. The normalized spacial score (nSPS) is 10.7. The minimum Gasteiger partial charge on any atom is -0.480 e. The Labute approximate surface area is 86.1 Å². The zero-order valence-corrected chi connectivity index (χ0v) is 7.97. The molecule has 0 aliphatic carbocycles. The quantitative estimate of drug-likeness (QED) is 0.831. The standard InChI is InChI=1S/C11H10O4/c12-11(13)7-14-6-9-5-8-3-1-2-4-10(8)15-9/h1-5H,6-7H2,(H,12,13). The van der Waals surface area contributed by atoms with Crippen LogP contribution in [0.3, 0.4) is 0 Å². The molecule has 0 spiro atoms. The third kappa shape index (κ3) is 2.35. The van der Waals surface area contributed by atoms with E-state index in [1.165, 1.54) is 0 Å². The van der Waals surface area contributed by atoms with Crippen molar-refractivity contribution < 1.29 is 19.1 Å². The van der Waals surface area contributed by atoms with Crippen molar-refractivity contribution in [2.75, 3.05) is 6.61 Å². The number of carbonyl (C=O) groups is 1. The molecule has 0 atom stereocenters. The maximum Gasteiger partial charge on any atom is 0.329 e. The lowest BCUT2D eigenvalue weighted by atomic mass is 10.2. The van der Waals surface area contributed by atoms with Gasteiger partial charge < -0.3 is 14.3 Å². The van der Waals surface area contributed by atoms with Crippen molar-refractivity contribution in [1.29, 1.82) is 0 Å². The predicted molar refractivity (Wildman–Crippen MR) is 53.5 cm³/mol. The molecule has 1 N–H and O–H groups in total. The summed E-state index contributed by atoms with van der Waals surface area (Å²) in [5.74, 6) is -0.344. The second-order valence-corrected chi connectivity index (χ2v) is 3.14. The first-order chi connectivity index (χ1) is 7.25. The molecule has 0 radical (unpaired) electrons. The van der Waals surface area contributed by atoms with Gasteiger partial charge in [0, 0.05) is 5.39 Å². The van der Waals surface area contributed by atoms with Crippen molar-refractivity contribution in [2.24, 2.45) is 0 Å². The SMILES string of the molecule is O=C(O)COCc1cc2ccccc2o1. The molecular formula is C11H10O4. The summed E-state index contributed by atoms with van der Waals surface area (Å²) in [5, 5.41) is 9.37. The summed E-state index contributed by atoms with van der Waals surface area (Å²) >= 11 is 0. The third-order valence-electron chi connectivity index (χ3n) is 1.95. The van der Waals surface area contributed by atoms with Crippen molar-refractivity contribution in [3.63, 3.8) is 0 Å². The summed E-state index contributed by atoms with van der Waals surface area (Å²) in [6, 6.07) is 9.43. The minimum absolute atomic E-state index is 0.182. The van der Waals surface area contributed by atoms with Crippen LogP contribution >= 0.6 is 0 Å². The molecular weight excluding hydrogens is 196 g/mol. The Kier molecular flexibility index (Phi) is 2.69. The highest BCUT2D eigenvalue weighted by molar-refractivity contribution is 5.77. The fourth-order valence-corrected chi connectivity index (χ4v) is 1.35. The van der Waals surface area contributed by atoms with Gasteiger partial charge in [0.2, 0.25) is 0 Å². The molecule has 15 heavy (non-hydrogen) atoms. The second-order valence-electron chi connectivity index (χ2n) is 3.14. The van der Waals surface area contributed by atoms with Crippen LogP contribution in [0.25, 0.3) is 11.0 Å². The minimum atomic E-state index is -0.980. The lowest BCUT2D eigenvalue weighted by Crippen LogP contribution is -2.06. The molecule has 0 unspecified atom stereocenters. The van der Waals surface area contributed by atoms with E-state index < -0.39 is 5.97 Å². The van der Waals surface area contributed by atoms with E-state index in [1.54, 1.807) is 0 Å². The molecule has 0 amide bonds. The van der Waals surface area contributed by atoms with Crippen LogP contribution in [0.2, 0.25) is 0 Å². The Morgan fingerprint density at radius 1 is 1.40 bits per heavy atom. The molecule has 0 saturated heterocycles. The highest BCUT2D eigenvalue weighted by Gasteiger charge is 2.03. The van der Waals surface area contributed by atoms with E-state index in [-0.39, 0.29) is 13.2 Å². The summed E-state index contributed by atoms with van der Waals surface area (Å²) in [6.45, 7) is -0.127. The van der Waals surface area contributed by atoms with E-state index in [9.17, 15) is 4.79 Å². The van der Waals surface area contributed by atoms with E-state index in [4.69, 9.17) is 14.3 Å². The molecule has 2 aromatic rings. The molecule has 1 heterocycles. The van der Waals surface area contributed by atoms with Crippen LogP contribution in [-0.4, -0.2) is 17.7 Å². The molecule has 0 saturated carbocycles. The first kappa shape index (κ1) is 9.73. The molecule has 0 aliphatic rings. The van der Waals surface area contributed by atoms with Gasteiger partial charge in [0.15, 0.2) is 0 Å². The van der Waals surface area contributed by atoms with E-state index in [0.717, 1.165) is 11.0 Å². The Morgan fingerprint density at radius 2 is 2.20 bits per heavy atom. The van der Waals surface area contributed by atoms with E-state index >= 15 is 0 Å². The zero-order chi connectivity index (χ0) is 10.7. The Morgan fingerprint density at radius 3 is 2.93 bits per heavy atom. The van der Waals surface area contributed by atoms with E-state index in [2.05, 4.69) is 0 Å². The van der Waals surface area contributed by atoms with Gasteiger partial charge in [0.25, 0.3) is 0 Å². The summed E-state index contributed by atoms with van der Waals surface area (Å²) in [4.78, 5) is 10.2. The summed E-state index contributed by atoms with van der Waals surface area (Å²) in [7, 11) is 0. The highest BCUT2D eigenvalue weighted by atomic mass is 16.5. The Hall–Kier alpha value is -1.81. The number of fused-ring (bicyclic) bond motifs is 1. The van der Waals surface area contributed by atoms with Crippen LogP contribution < -0.4 is 0 Å². The largest absolute Gasteiger partial charge is 0.480 e. The lowest BCUT2D eigenvalue weighted by molar-refractivity contribution is -0.142. The van der Waals surface area contributed by atoms with Crippen molar-refractivity contribution in [1.82, 2.24) is 0 Å². The fourth-order valence-electron chi connectivity index (χ4n) is 1.35. The van der Waals surface area contributed by atoms with Crippen molar-refractivity contribution in [3.05, 3.63) is 36.1 Å². The molecule has 0 fully saturated rings. The molecule has 78 valence electrons. The van der Waals surface area contributed by atoms with Gasteiger partial charge in [0.05, 0.1) is 0 Å². The van der Waals surface area contributed by atoms with Crippen LogP contribution in [0.4, 0.5) is 0 Å². The Balaban J connectivity index is 2.05. The second kappa shape index (κ2) is 4.14. The van der Waals surface area contributed by atoms with Gasteiger partial charge in [-0.05, 0) is 12.1 Å². The number of furan rings is 1. The number of ether oxygens (including phenoxy) is 1. The fraction of sp³-hybridized carbons (Fsp3) is 0.182. The number of para-hydroxylation sites is 1. The average molecular weight is 206 g/mol. The monoisotopic (exact) mass is 206 g/mol. The molecule has 1 aromatic heterocycles. The van der Waals surface area contributed by atoms with E-state index in [0.29, 0.717) is 5.76 Å². The average Bonchev–Trinajstić information content (AvgIpc) is 2.59. The van der Waals surface area contributed by atoms with Crippen LogP contribution in [0, 0.1) is 0 Å². The first-order valence-corrected chi connectivity index (χ1v) is 4.53. The molecule has 1 aromatic carbocycles. The molecule has 0 aliphatic heterocycles. The zero-order valence-electron chi connectivity index (χ0n) is 7.97. The van der Waals surface area contributed by atoms with Crippen molar-refractivity contribution in [2.45, 2.75) is 6.61 Å². The number of carboxylic acid groups (broad SMARTS) is 1. The van der Waals surface area contributed by atoms with Crippen molar-refractivity contribution >= 4 is 16.9 Å². The van der Waals surface area contributed by atoms with Crippen molar-refractivity contribution in [3.8, 4) is 0 Å². The molecule has 0 bridgehead atoms. The topological polar surface area (TPSA) is 59.7 Å². The van der Waals surface area contributed by atoms with Gasteiger partial charge >= 0.3 is 5.97 Å². The third-order valence-corrected chi connectivity index (χ3v) is 1.95. The first-order valence-electron chi connectivity index (χ1n) is 4.53. The maximum absolute atomic E-state index is 10.2.